The highest BCUT2D eigenvalue weighted by Crippen LogP contribution is 2.31. The highest BCUT2D eigenvalue weighted by molar-refractivity contribution is 7.99. The number of morpholine rings is 1. The van der Waals surface area contributed by atoms with E-state index in [9.17, 15) is 0 Å². The fraction of sp³-hybridized carbons (Fsp3) is 0.800. The largest absolute Gasteiger partial charge is 0.378 e. The van der Waals surface area contributed by atoms with Gasteiger partial charge in [-0.25, -0.2) is 0 Å². The van der Waals surface area contributed by atoms with Gasteiger partial charge in [-0.15, -0.1) is 0 Å². The molecule has 2 saturated heterocycles. The van der Waals surface area contributed by atoms with Crippen molar-refractivity contribution in [2.45, 2.75) is 18.4 Å². The van der Waals surface area contributed by atoms with Crippen molar-refractivity contribution < 1.29 is 9.26 Å². The number of hydrogen-bond acceptors (Lipinski definition) is 6. The molecule has 0 bridgehead atoms. The van der Waals surface area contributed by atoms with Gasteiger partial charge in [0.05, 0.1) is 19.3 Å². The van der Waals surface area contributed by atoms with Gasteiger partial charge in [0.25, 0.3) is 0 Å². The Morgan fingerprint density at radius 1 is 1.44 bits per heavy atom. The third-order valence-corrected chi connectivity index (χ3v) is 4.13. The first-order valence-electron chi connectivity index (χ1n) is 5.66. The fourth-order valence-corrected chi connectivity index (χ4v) is 3.23. The van der Waals surface area contributed by atoms with Crippen LogP contribution >= 0.6 is 11.8 Å². The van der Waals surface area contributed by atoms with E-state index in [1.807, 2.05) is 11.8 Å². The van der Waals surface area contributed by atoms with E-state index in [-0.39, 0.29) is 6.04 Å². The standard InChI is InChI=1S/C10H15N3O2S/c1-4-16-6-7(1)10-12-9(13-15-10)8-5-14-3-2-11-8/h7-8,11H,1-6H2. The molecule has 0 amide bonds. The molecule has 16 heavy (non-hydrogen) atoms. The van der Waals surface area contributed by atoms with Gasteiger partial charge in [-0.1, -0.05) is 5.16 Å². The summed E-state index contributed by atoms with van der Waals surface area (Å²) in [5, 5.41) is 7.37. The van der Waals surface area contributed by atoms with Gasteiger partial charge in [-0.05, 0) is 12.2 Å². The Bertz CT molecular complexity index is 346. The van der Waals surface area contributed by atoms with Crippen LogP contribution in [0.15, 0.2) is 4.52 Å². The molecule has 2 unspecified atom stereocenters. The molecule has 2 aliphatic heterocycles. The van der Waals surface area contributed by atoms with E-state index in [2.05, 4.69) is 15.5 Å². The molecule has 0 spiro atoms. The van der Waals surface area contributed by atoms with Gasteiger partial charge in [0.15, 0.2) is 5.82 Å². The summed E-state index contributed by atoms with van der Waals surface area (Å²) in [4.78, 5) is 4.48. The highest BCUT2D eigenvalue weighted by Gasteiger charge is 2.26. The topological polar surface area (TPSA) is 60.2 Å². The Balaban J connectivity index is 1.71. The Hall–Kier alpha value is -0.590. The summed E-state index contributed by atoms with van der Waals surface area (Å²) in [5.74, 6) is 4.30. The molecule has 6 heteroatoms. The van der Waals surface area contributed by atoms with E-state index in [1.165, 1.54) is 5.75 Å². The van der Waals surface area contributed by atoms with Gasteiger partial charge < -0.3 is 14.6 Å². The molecule has 2 fully saturated rings. The van der Waals surface area contributed by atoms with Gasteiger partial charge in [0.1, 0.15) is 0 Å². The van der Waals surface area contributed by atoms with Crippen LogP contribution in [0, 0.1) is 0 Å². The maximum Gasteiger partial charge on any atom is 0.230 e. The number of ether oxygens (including phenoxy) is 1. The predicted molar refractivity (Wildman–Crippen MR) is 60.5 cm³/mol. The Morgan fingerprint density at radius 3 is 3.19 bits per heavy atom. The summed E-state index contributed by atoms with van der Waals surface area (Å²) in [7, 11) is 0. The van der Waals surface area contributed by atoms with Crippen LogP contribution in [0.2, 0.25) is 0 Å². The second kappa shape index (κ2) is 4.73. The van der Waals surface area contributed by atoms with Gasteiger partial charge in [0.2, 0.25) is 5.89 Å². The summed E-state index contributed by atoms with van der Waals surface area (Å²) in [6, 6.07) is 0.0975. The first-order valence-corrected chi connectivity index (χ1v) is 6.81. The van der Waals surface area contributed by atoms with Crippen LogP contribution < -0.4 is 5.32 Å². The smallest absolute Gasteiger partial charge is 0.230 e. The van der Waals surface area contributed by atoms with Crippen molar-refractivity contribution in [1.29, 1.82) is 0 Å². The molecule has 0 aromatic carbocycles. The lowest BCUT2D eigenvalue weighted by atomic mass is 10.1. The van der Waals surface area contributed by atoms with Crippen LogP contribution in [-0.2, 0) is 4.74 Å². The Morgan fingerprint density at radius 2 is 2.44 bits per heavy atom. The Kier molecular flexibility index (Phi) is 3.12. The zero-order valence-electron chi connectivity index (χ0n) is 9.02. The van der Waals surface area contributed by atoms with E-state index in [4.69, 9.17) is 9.26 Å². The third-order valence-electron chi connectivity index (χ3n) is 2.97. The zero-order valence-corrected chi connectivity index (χ0v) is 9.83. The van der Waals surface area contributed by atoms with E-state index in [0.29, 0.717) is 12.5 Å². The molecule has 3 rings (SSSR count). The molecule has 5 nitrogen and oxygen atoms in total. The van der Waals surface area contributed by atoms with E-state index in [1.54, 1.807) is 0 Å². The normalized spacial score (nSPS) is 30.8. The first kappa shape index (κ1) is 10.6. The molecule has 0 aliphatic carbocycles. The number of thioether (sulfide) groups is 1. The lowest BCUT2D eigenvalue weighted by Crippen LogP contribution is -2.35. The van der Waals surface area contributed by atoms with Crippen molar-refractivity contribution in [2.24, 2.45) is 0 Å². The monoisotopic (exact) mass is 241 g/mol. The maximum absolute atomic E-state index is 5.38. The molecular weight excluding hydrogens is 226 g/mol. The summed E-state index contributed by atoms with van der Waals surface area (Å²) in [6.07, 6.45) is 1.15. The number of rotatable bonds is 2. The van der Waals surface area contributed by atoms with Crippen molar-refractivity contribution in [1.82, 2.24) is 15.5 Å². The van der Waals surface area contributed by atoms with Crippen LogP contribution in [-0.4, -0.2) is 41.4 Å². The van der Waals surface area contributed by atoms with Crippen LogP contribution in [0.25, 0.3) is 0 Å². The minimum atomic E-state index is 0.0975. The van der Waals surface area contributed by atoms with Crippen molar-refractivity contribution >= 4 is 11.8 Å². The maximum atomic E-state index is 5.38. The number of hydrogen-bond donors (Lipinski definition) is 1. The SMILES string of the molecule is C1COCC(c2noc(C3CCSC3)n2)N1. The van der Waals surface area contributed by atoms with Crippen molar-refractivity contribution in [3.05, 3.63) is 11.7 Å². The Labute approximate surface area is 98.3 Å². The van der Waals surface area contributed by atoms with E-state index < -0.39 is 0 Å². The molecule has 88 valence electrons. The van der Waals surface area contributed by atoms with Crippen LogP contribution in [0.5, 0.6) is 0 Å². The van der Waals surface area contributed by atoms with Crippen LogP contribution in [0.1, 0.15) is 30.1 Å². The molecule has 2 aliphatic rings. The minimum absolute atomic E-state index is 0.0975. The van der Waals surface area contributed by atoms with Crippen LogP contribution in [0.3, 0.4) is 0 Å². The summed E-state index contributed by atoms with van der Waals surface area (Å²) < 4.78 is 10.7. The summed E-state index contributed by atoms with van der Waals surface area (Å²) >= 11 is 1.95. The lowest BCUT2D eigenvalue weighted by Gasteiger charge is -2.20. The van der Waals surface area contributed by atoms with Crippen molar-refractivity contribution in [2.75, 3.05) is 31.3 Å². The third kappa shape index (κ3) is 2.09. The van der Waals surface area contributed by atoms with Crippen molar-refractivity contribution in [3.63, 3.8) is 0 Å². The molecule has 2 atom stereocenters. The summed E-state index contributed by atoms with van der Waals surface area (Å²) in [6.45, 7) is 2.26. The average Bonchev–Trinajstić information content (AvgIpc) is 3.01. The predicted octanol–water partition coefficient (Wildman–Crippen LogP) is 0.951. The van der Waals surface area contributed by atoms with Crippen molar-refractivity contribution in [3.8, 4) is 0 Å². The van der Waals surface area contributed by atoms with Gasteiger partial charge in [0, 0.05) is 18.2 Å². The fourth-order valence-electron chi connectivity index (χ4n) is 2.02. The quantitative estimate of drug-likeness (QED) is 0.832. The van der Waals surface area contributed by atoms with Crippen LogP contribution in [0.4, 0.5) is 0 Å². The number of nitrogens with zero attached hydrogens (tertiary/aromatic N) is 2. The lowest BCUT2D eigenvalue weighted by molar-refractivity contribution is 0.0734. The average molecular weight is 241 g/mol. The van der Waals surface area contributed by atoms with Gasteiger partial charge in [-0.3, -0.25) is 0 Å². The van der Waals surface area contributed by atoms with Gasteiger partial charge >= 0.3 is 0 Å². The second-order valence-electron chi connectivity index (χ2n) is 4.13. The molecular formula is C10H15N3O2S. The van der Waals surface area contributed by atoms with Gasteiger partial charge in [-0.2, -0.15) is 16.7 Å². The molecule has 0 saturated carbocycles. The second-order valence-corrected chi connectivity index (χ2v) is 5.28. The molecule has 1 aromatic heterocycles. The summed E-state index contributed by atoms with van der Waals surface area (Å²) in [5.41, 5.74) is 0. The minimum Gasteiger partial charge on any atom is -0.378 e. The molecule has 1 aromatic rings. The number of nitrogens with one attached hydrogen (secondary N) is 1. The molecule has 1 N–H and O–H groups in total. The highest BCUT2D eigenvalue weighted by atomic mass is 32.2. The van der Waals surface area contributed by atoms with E-state index in [0.717, 1.165) is 37.0 Å². The first-order chi connectivity index (χ1) is 7.93. The zero-order chi connectivity index (χ0) is 10.8. The number of aromatic nitrogens is 2. The molecule has 0 radical (unpaired) electrons. The molecule has 3 heterocycles. The van der Waals surface area contributed by atoms with E-state index >= 15 is 0 Å².